The molecule has 1 aromatic heterocycles. The smallest absolute Gasteiger partial charge is 0.180 e. The van der Waals surface area contributed by atoms with Crippen LogP contribution in [-0.2, 0) is 12.8 Å². The predicted molar refractivity (Wildman–Crippen MR) is 88.6 cm³/mol. The summed E-state index contributed by atoms with van der Waals surface area (Å²) in [4.78, 5) is 4.48. The second-order valence-corrected chi connectivity index (χ2v) is 7.97. The average molecular weight is 298 g/mol. The van der Waals surface area contributed by atoms with Crippen molar-refractivity contribution in [1.29, 1.82) is 0 Å². The Balaban J connectivity index is 1.46. The van der Waals surface area contributed by atoms with Crippen LogP contribution in [0.5, 0.6) is 0 Å². The lowest BCUT2D eigenvalue weighted by Gasteiger charge is -2.51. The lowest BCUT2D eigenvalue weighted by Crippen LogP contribution is -2.42. The number of aryl methyl sites for hydroxylation is 1. The van der Waals surface area contributed by atoms with Gasteiger partial charge in [0.2, 0.25) is 0 Å². The maximum atomic E-state index is 5.77. The van der Waals surface area contributed by atoms with Crippen molar-refractivity contribution < 1.29 is 0 Å². The third kappa shape index (κ3) is 2.28. The minimum Gasteiger partial charge on any atom is -0.375 e. The molecule has 21 heavy (non-hydrogen) atoms. The molecule has 0 amide bonds. The Hall–Kier alpha value is -1.35. The van der Waals surface area contributed by atoms with E-state index in [-0.39, 0.29) is 0 Å². The Bertz CT molecular complexity index is 655. The number of hydrogen-bond donors (Lipinski definition) is 1. The van der Waals surface area contributed by atoms with Gasteiger partial charge in [0, 0.05) is 11.3 Å². The van der Waals surface area contributed by atoms with Gasteiger partial charge < -0.3 is 5.73 Å². The Morgan fingerprint density at radius 2 is 2.00 bits per heavy atom. The molecule has 3 heteroatoms. The zero-order chi connectivity index (χ0) is 14.4. The van der Waals surface area contributed by atoms with Gasteiger partial charge in [0.15, 0.2) is 5.13 Å². The van der Waals surface area contributed by atoms with Gasteiger partial charge in [-0.05, 0) is 54.6 Å². The predicted octanol–water partition coefficient (Wildman–Crippen LogP) is 4.41. The Morgan fingerprint density at radius 3 is 2.71 bits per heavy atom. The van der Waals surface area contributed by atoms with Crippen LogP contribution >= 0.6 is 11.3 Å². The molecular weight excluding hydrogens is 276 g/mol. The number of fused-ring (bicyclic) bond motifs is 1. The average Bonchev–Trinajstić information content (AvgIpc) is 2.89. The van der Waals surface area contributed by atoms with Crippen molar-refractivity contribution in [2.75, 3.05) is 5.73 Å². The van der Waals surface area contributed by atoms with E-state index in [1.54, 1.807) is 22.5 Å². The first-order valence-corrected chi connectivity index (χ1v) is 8.80. The minimum atomic E-state index is 0.497. The largest absolute Gasteiger partial charge is 0.375 e. The van der Waals surface area contributed by atoms with E-state index >= 15 is 0 Å². The number of benzene rings is 1. The van der Waals surface area contributed by atoms with Crippen molar-refractivity contribution in [3.63, 3.8) is 0 Å². The highest BCUT2D eigenvalue weighted by atomic mass is 32.1. The van der Waals surface area contributed by atoms with Crippen LogP contribution in [-0.4, -0.2) is 4.98 Å². The highest BCUT2D eigenvalue weighted by molar-refractivity contribution is 7.13. The van der Waals surface area contributed by atoms with Crippen LogP contribution in [0, 0.1) is 11.3 Å². The normalized spacial score (nSPS) is 31.5. The Morgan fingerprint density at radius 1 is 1.24 bits per heavy atom. The van der Waals surface area contributed by atoms with Crippen molar-refractivity contribution >= 4 is 16.5 Å². The van der Waals surface area contributed by atoms with Gasteiger partial charge in [0.05, 0.1) is 5.69 Å². The molecule has 2 nitrogen and oxygen atoms in total. The van der Waals surface area contributed by atoms with E-state index in [4.69, 9.17) is 5.73 Å². The number of rotatable bonds is 2. The van der Waals surface area contributed by atoms with E-state index in [0.717, 1.165) is 5.92 Å². The molecule has 1 atom stereocenters. The van der Waals surface area contributed by atoms with Gasteiger partial charge in [0.1, 0.15) is 0 Å². The van der Waals surface area contributed by atoms with Crippen molar-refractivity contribution in [3.05, 3.63) is 46.5 Å². The Kier molecular flexibility index (Phi) is 3.07. The minimum absolute atomic E-state index is 0.497. The highest BCUT2D eigenvalue weighted by Crippen LogP contribution is 2.57. The summed E-state index contributed by atoms with van der Waals surface area (Å²) < 4.78 is 0. The van der Waals surface area contributed by atoms with Gasteiger partial charge >= 0.3 is 0 Å². The molecular formula is C18H22N2S. The molecule has 1 aromatic carbocycles. The first-order valence-electron chi connectivity index (χ1n) is 7.92. The van der Waals surface area contributed by atoms with Gasteiger partial charge in [-0.2, -0.15) is 0 Å². The van der Waals surface area contributed by atoms with Crippen molar-refractivity contribution in [2.24, 2.45) is 11.3 Å². The lowest BCUT2D eigenvalue weighted by atomic mass is 9.53. The zero-order valence-electron chi connectivity index (χ0n) is 12.5. The Labute approximate surface area is 130 Å². The number of anilines is 1. The van der Waals surface area contributed by atoms with E-state index in [2.05, 4.69) is 41.6 Å². The maximum absolute atomic E-state index is 5.77. The number of hydrogen-bond acceptors (Lipinski definition) is 3. The van der Waals surface area contributed by atoms with Crippen LogP contribution in [0.3, 0.4) is 0 Å². The molecule has 0 bridgehead atoms. The molecule has 2 aromatic rings. The van der Waals surface area contributed by atoms with E-state index in [1.165, 1.54) is 37.8 Å². The molecule has 1 unspecified atom stereocenters. The molecule has 0 radical (unpaired) electrons. The van der Waals surface area contributed by atoms with Gasteiger partial charge in [-0.3, -0.25) is 0 Å². The fourth-order valence-corrected chi connectivity index (χ4v) is 5.03. The van der Waals surface area contributed by atoms with E-state index in [0.29, 0.717) is 16.5 Å². The van der Waals surface area contributed by atoms with Crippen LogP contribution in [0.15, 0.2) is 29.6 Å². The highest BCUT2D eigenvalue weighted by Gasteiger charge is 2.47. The summed E-state index contributed by atoms with van der Waals surface area (Å²) in [5.41, 5.74) is 10.6. The van der Waals surface area contributed by atoms with Crippen molar-refractivity contribution in [3.8, 4) is 0 Å². The molecule has 0 saturated heterocycles. The van der Waals surface area contributed by atoms with Crippen LogP contribution in [0.4, 0.5) is 5.13 Å². The number of aromatic nitrogens is 1. The number of nitrogen functional groups attached to an aromatic ring is 1. The summed E-state index contributed by atoms with van der Waals surface area (Å²) in [6.07, 6.45) is 6.43. The van der Waals surface area contributed by atoms with Crippen LogP contribution in [0.1, 0.15) is 48.9 Å². The first-order chi connectivity index (χ1) is 10.1. The van der Waals surface area contributed by atoms with E-state index in [9.17, 15) is 0 Å². The second-order valence-electron chi connectivity index (χ2n) is 7.08. The van der Waals surface area contributed by atoms with Crippen LogP contribution < -0.4 is 5.73 Å². The van der Waals surface area contributed by atoms with Crippen molar-refractivity contribution in [2.45, 2.75) is 44.9 Å². The van der Waals surface area contributed by atoms with Crippen LogP contribution in [0.2, 0.25) is 0 Å². The van der Waals surface area contributed by atoms with E-state index in [1.807, 2.05) is 0 Å². The molecule has 1 saturated carbocycles. The second kappa shape index (κ2) is 4.84. The van der Waals surface area contributed by atoms with Crippen LogP contribution in [0.25, 0.3) is 0 Å². The fraction of sp³-hybridized carbons (Fsp3) is 0.500. The molecule has 1 heterocycles. The summed E-state index contributed by atoms with van der Waals surface area (Å²) >= 11 is 1.58. The number of thiazole rings is 1. The first kappa shape index (κ1) is 13.3. The van der Waals surface area contributed by atoms with E-state index < -0.39 is 0 Å². The van der Waals surface area contributed by atoms with Crippen molar-refractivity contribution in [1.82, 2.24) is 4.98 Å². The van der Waals surface area contributed by atoms with Gasteiger partial charge in [-0.25, -0.2) is 4.98 Å². The topological polar surface area (TPSA) is 38.9 Å². The van der Waals surface area contributed by atoms with Gasteiger partial charge in [-0.1, -0.05) is 31.2 Å². The monoisotopic (exact) mass is 298 g/mol. The lowest BCUT2D eigenvalue weighted by molar-refractivity contribution is 0.0370. The quantitative estimate of drug-likeness (QED) is 0.891. The third-order valence-electron chi connectivity index (χ3n) is 5.72. The number of nitrogens with zero attached hydrogens (tertiary/aromatic N) is 1. The molecule has 2 N–H and O–H groups in total. The molecule has 4 rings (SSSR count). The standard InChI is InChI=1S/C18H22N2S/c1-18(9-14(10-18)16-11-21-17(19)20-16)15-7-6-12-4-2-3-5-13(12)8-15/h2-5,11,14-15H,6-10H2,1H3,(H2,19,20). The third-order valence-corrected chi connectivity index (χ3v) is 6.41. The molecule has 1 fully saturated rings. The van der Waals surface area contributed by atoms with Gasteiger partial charge in [0.25, 0.3) is 0 Å². The van der Waals surface area contributed by atoms with Gasteiger partial charge in [-0.15, -0.1) is 11.3 Å². The molecule has 0 spiro atoms. The molecule has 2 aliphatic carbocycles. The summed E-state index contributed by atoms with van der Waals surface area (Å²) in [6, 6.07) is 8.98. The summed E-state index contributed by atoms with van der Waals surface area (Å²) in [5.74, 6) is 1.47. The summed E-state index contributed by atoms with van der Waals surface area (Å²) in [5, 5.41) is 2.86. The summed E-state index contributed by atoms with van der Waals surface area (Å²) in [7, 11) is 0. The molecule has 2 aliphatic rings. The molecule has 110 valence electrons. The number of nitrogens with two attached hydrogens (primary N) is 1. The zero-order valence-corrected chi connectivity index (χ0v) is 13.3. The molecule has 0 aliphatic heterocycles. The maximum Gasteiger partial charge on any atom is 0.180 e. The SMILES string of the molecule is CC1(C2CCc3ccccc3C2)CC(c2csc(N)n2)C1. The fourth-order valence-electron chi connectivity index (χ4n) is 4.39. The summed E-state index contributed by atoms with van der Waals surface area (Å²) in [6.45, 7) is 2.48.